The minimum atomic E-state index is 0.830. The van der Waals surface area contributed by atoms with Crippen LogP contribution in [-0.4, -0.2) is 0 Å². The predicted molar refractivity (Wildman–Crippen MR) is 129 cm³/mol. The fourth-order valence-electron chi connectivity index (χ4n) is 6.42. The highest BCUT2D eigenvalue weighted by molar-refractivity contribution is 5.28. The monoisotopic (exact) mass is 396 g/mol. The van der Waals surface area contributed by atoms with Gasteiger partial charge in [-0.1, -0.05) is 83.6 Å². The van der Waals surface area contributed by atoms with Crippen LogP contribution in [-0.2, 0) is 0 Å². The Morgan fingerprint density at radius 2 is 1.21 bits per heavy atom. The zero-order chi connectivity index (χ0) is 20.5. The molecule has 1 atom stereocenters. The molecule has 3 rings (SSSR count). The molecule has 164 valence electrons. The van der Waals surface area contributed by atoms with Gasteiger partial charge < -0.3 is 0 Å². The minimum absolute atomic E-state index is 0.830. The first-order chi connectivity index (χ1) is 14.2. The Labute approximate surface area is 182 Å². The lowest BCUT2D eigenvalue weighted by Gasteiger charge is -2.32. The van der Waals surface area contributed by atoms with Crippen LogP contribution in [0.15, 0.2) is 24.3 Å². The number of rotatable bonds is 10. The average Bonchev–Trinajstić information content (AvgIpc) is 2.78. The van der Waals surface area contributed by atoms with E-state index in [1.54, 1.807) is 11.1 Å². The van der Waals surface area contributed by atoms with Gasteiger partial charge in [0, 0.05) is 0 Å². The second kappa shape index (κ2) is 12.2. The summed E-state index contributed by atoms with van der Waals surface area (Å²) < 4.78 is 0. The van der Waals surface area contributed by atoms with Gasteiger partial charge >= 0.3 is 0 Å². The molecule has 0 N–H and O–H groups in total. The van der Waals surface area contributed by atoms with Crippen molar-refractivity contribution < 1.29 is 0 Å². The lowest BCUT2D eigenvalue weighted by molar-refractivity contribution is 0.255. The van der Waals surface area contributed by atoms with Gasteiger partial charge in [0.2, 0.25) is 0 Å². The van der Waals surface area contributed by atoms with Gasteiger partial charge in [-0.15, -0.1) is 0 Å². The van der Waals surface area contributed by atoms with E-state index in [1.807, 2.05) is 0 Å². The maximum Gasteiger partial charge on any atom is -0.0162 e. The summed E-state index contributed by atoms with van der Waals surface area (Å²) >= 11 is 0. The number of benzene rings is 1. The Balaban J connectivity index is 1.44. The third kappa shape index (κ3) is 6.86. The Kier molecular flexibility index (Phi) is 9.60. The maximum atomic E-state index is 2.49. The van der Waals surface area contributed by atoms with Crippen LogP contribution in [0.1, 0.15) is 140 Å². The second-order valence-electron chi connectivity index (χ2n) is 10.5. The maximum absolute atomic E-state index is 2.49. The molecule has 0 nitrogen and oxygen atoms in total. The first-order valence-electron chi connectivity index (χ1n) is 13.3. The molecule has 0 aliphatic heterocycles. The molecule has 2 fully saturated rings. The van der Waals surface area contributed by atoms with Gasteiger partial charge in [-0.2, -0.15) is 0 Å². The van der Waals surface area contributed by atoms with Gasteiger partial charge in [0.15, 0.2) is 0 Å². The van der Waals surface area contributed by atoms with E-state index in [2.05, 4.69) is 45.0 Å². The summed E-state index contributed by atoms with van der Waals surface area (Å²) in [4.78, 5) is 0. The van der Waals surface area contributed by atoms with Gasteiger partial charge in [0.05, 0.1) is 0 Å². The van der Waals surface area contributed by atoms with Gasteiger partial charge in [0.25, 0.3) is 0 Å². The van der Waals surface area contributed by atoms with Gasteiger partial charge in [0.1, 0.15) is 0 Å². The standard InChI is InChI=1S/C29H48/c1-4-7-9-23(6-3)22-25-12-16-27(17-13-25)29-20-18-28(19-21-29)26-14-10-24(8-5-2)11-15-26/h18-21,23-27H,4-17,22H2,1-3H3/t23?,24-,25-,26-,27-. The number of unbranched alkanes of at least 4 members (excludes halogenated alkanes) is 1. The quantitative estimate of drug-likeness (QED) is 0.369. The number of hydrogen-bond acceptors (Lipinski definition) is 0. The smallest absolute Gasteiger partial charge is 0.0162 e. The van der Waals surface area contributed by atoms with E-state index < -0.39 is 0 Å². The van der Waals surface area contributed by atoms with E-state index in [0.717, 1.165) is 29.6 Å². The van der Waals surface area contributed by atoms with Gasteiger partial charge in [-0.05, 0) is 98.5 Å². The Bertz CT molecular complexity index is 540. The van der Waals surface area contributed by atoms with Crippen LogP contribution in [0.4, 0.5) is 0 Å². The lowest BCUT2D eigenvalue weighted by atomic mass is 9.74. The molecule has 0 heterocycles. The highest BCUT2D eigenvalue weighted by Crippen LogP contribution is 2.41. The summed E-state index contributed by atoms with van der Waals surface area (Å²) in [6.07, 6.45) is 21.5. The lowest BCUT2D eigenvalue weighted by Crippen LogP contribution is -2.17. The van der Waals surface area contributed by atoms with Crippen molar-refractivity contribution in [3.8, 4) is 0 Å². The molecule has 1 aromatic carbocycles. The molecule has 0 bridgehead atoms. The molecule has 0 heteroatoms. The molecule has 29 heavy (non-hydrogen) atoms. The van der Waals surface area contributed by atoms with Crippen LogP contribution >= 0.6 is 0 Å². The average molecular weight is 397 g/mol. The predicted octanol–water partition coefficient (Wildman–Crippen LogP) is 9.64. The summed E-state index contributed by atoms with van der Waals surface area (Å²) in [5, 5.41) is 0. The van der Waals surface area contributed by atoms with E-state index in [-0.39, 0.29) is 0 Å². The van der Waals surface area contributed by atoms with E-state index in [4.69, 9.17) is 0 Å². The van der Waals surface area contributed by atoms with Crippen molar-refractivity contribution in [1.82, 2.24) is 0 Å². The van der Waals surface area contributed by atoms with Crippen molar-refractivity contribution in [2.45, 2.75) is 129 Å². The SMILES string of the molecule is CCCCC(CC)C[C@H]1CC[C@H](c2ccc([C@H]3CC[C@H](CCC)CC3)cc2)CC1. The normalized spacial score (nSPS) is 28.9. The molecule has 2 saturated carbocycles. The fourth-order valence-corrected chi connectivity index (χ4v) is 6.42. The summed E-state index contributed by atoms with van der Waals surface area (Å²) in [7, 11) is 0. The first kappa shape index (κ1) is 22.9. The minimum Gasteiger partial charge on any atom is -0.0654 e. The molecular weight excluding hydrogens is 348 g/mol. The largest absolute Gasteiger partial charge is 0.0654 e. The van der Waals surface area contributed by atoms with Crippen LogP contribution in [0, 0.1) is 17.8 Å². The first-order valence-corrected chi connectivity index (χ1v) is 13.3. The van der Waals surface area contributed by atoms with Crippen molar-refractivity contribution in [2.24, 2.45) is 17.8 Å². The topological polar surface area (TPSA) is 0 Å². The third-order valence-corrected chi connectivity index (χ3v) is 8.48. The molecule has 1 aromatic rings. The van der Waals surface area contributed by atoms with Crippen LogP contribution in [0.25, 0.3) is 0 Å². The van der Waals surface area contributed by atoms with E-state index in [0.29, 0.717) is 0 Å². The molecule has 2 aliphatic carbocycles. The molecule has 0 spiro atoms. The zero-order valence-electron chi connectivity index (χ0n) is 19.8. The molecule has 0 amide bonds. The molecule has 2 aliphatic rings. The highest BCUT2D eigenvalue weighted by Gasteiger charge is 2.25. The van der Waals surface area contributed by atoms with Crippen LogP contribution in [0.2, 0.25) is 0 Å². The van der Waals surface area contributed by atoms with Gasteiger partial charge in [-0.3, -0.25) is 0 Å². The van der Waals surface area contributed by atoms with Crippen molar-refractivity contribution in [3.63, 3.8) is 0 Å². The van der Waals surface area contributed by atoms with Crippen LogP contribution in [0.3, 0.4) is 0 Å². The third-order valence-electron chi connectivity index (χ3n) is 8.48. The van der Waals surface area contributed by atoms with Crippen molar-refractivity contribution in [2.75, 3.05) is 0 Å². The van der Waals surface area contributed by atoms with Crippen molar-refractivity contribution in [1.29, 1.82) is 0 Å². The van der Waals surface area contributed by atoms with Crippen molar-refractivity contribution in [3.05, 3.63) is 35.4 Å². The molecule has 0 radical (unpaired) electrons. The molecule has 1 unspecified atom stereocenters. The van der Waals surface area contributed by atoms with E-state index in [1.165, 1.54) is 96.3 Å². The Morgan fingerprint density at radius 3 is 1.66 bits per heavy atom. The fraction of sp³-hybridized carbons (Fsp3) is 0.793. The highest BCUT2D eigenvalue weighted by atomic mass is 14.3. The molecule has 0 aromatic heterocycles. The van der Waals surface area contributed by atoms with Gasteiger partial charge in [-0.25, -0.2) is 0 Å². The summed E-state index contributed by atoms with van der Waals surface area (Å²) in [6, 6.07) is 9.97. The van der Waals surface area contributed by atoms with Crippen LogP contribution in [0.5, 0.6) is 0 Å². The number of hydrogen-bond donors (Lipinski definition) is 0. The molecular formula is C29H48. The van der Waals surface area contributed by atoms with E-state index in [9.17, 15) is 0 Å². The second-order valence-corrected chi connectivity index (χ2v) is 10.5. The zero-order valence-corrected chi connectivity index (χ0v) is 19.8. The van der Waals surface area contributed by atoms with Crippen molar-refractivity contribution >= 4 is 0 Å². The summed E-state index contributed by atoms with van der Waals surface area (Å²) in [5.41, 5.74) is 3.25. The van der Waals surface area contributed by atoms with E-state index >= 15 is 0 Å². The molecule has 0 saturated heterocycles. The summed E-state index contributed by atoms with van der Waals surface area (Å²) in [6.45, 7) is 7.08. The Morgan fingerprint density at radius 1 is 0.690 bits per heavy atom. The van der Waals surface area contributed by atoms with Crippen LogP contribution < -0.4 is 0 Å². The summed E-state index contributed by atoms with van der Waals surface area (Å²) in [5.74, 6) is 4.67. The Hall–Kier alpha value is -0.780.